The first-order chi connectivity index (χ1) is 13.2. The van der Waals surface area contributed by atoms with Gasteiger partial charge in [-0.2, -0.15) is 0 Å². The summed E-state index contributed by atoms with van der Waals surface area (Å²) in [5, 5.41) is 2.93. The van der Waals surface area contributed by atoms with Gasteiger partial charge in [0, 0.05) is 44.8 Å². The van der Waals surface area contributed by atoms with E-state index in [9.17, 15) is 4.79 Å². The van der Waals surface area contributed by atoms with Gasteiger partial charge in [0.1, 0.15) is 11.5 Å². The molecule has 144 valence electrons. The molecule has 0 aromatic heterocycles. The second-order valence-corrected chi connectivity index (χ2v) is 6.53. The average molecular weight is 369 g/mol. The fraction of sp³-hybridized carbons (Fsp3) is 0.381. The van der Waals surface area contributed by atoms with Gasteiger partial charge in [0.2, 0.25) is 5.91 Å². The van der Waals surface area contributed by atoms with Crippen molar-refractivity contribution >= 4 is 17.3 Å². The van der Waals surface area contributed by atoms with Gasteiger partial charge in [0.15, 0.2) is 0 Å². The van der Waals surface area contributed by atoms with Crippen LogP contribution in [0.3, 0.4) is 0 Å². The van der Waals surface area contributed by atoms with Crippen LogP contribution in [-0.2, 0) is 4.79 Å². The molecule has 1 N–H and O–H groups in total. The van der Waals surface area contributed by atoms with Crippen LogP contribution in [0.15, 0.2) is 48.5 Å². The third-order valence-electron chi connectivity index (χ3n) is 4.85. The molecule has 0 unspecified atom stereocenters. The Balaban J connectivity index is 1.43. The average Bonchev–Trinajstić information content (AvgIpc) is 2.73. The molecule has 1 aliphatic heterocycles. The van der Waals surface area contributed by atoms with Crippen LogP contribution >= 0.6 is 0 Å². The number of piperazine rings is 1. The predicted octanol–water partition coefficient (Wildman–Crippen LogP) is 2.85. The maximum absolute atomic E-state index is 12.3. The van der Waals surface area contributed by atoms with E-state index in [2.05, 4.69) is 27.2 Å². The van der Waals surface area contributed by atoms with E-state index in [4.69, 9.17) is 9.47 Å². The molecular formula is C21H27N3O3. The summed E-state index contributed by atoms with van der Waals surface area (Å²) in [6, 6.07) is 15.6. The van der Waals surface area contributed by atoms with E-state index in [0.29, 0.717) is 17.9 Å². The number of nitrogens with zero attached hydrogens (tertiary/aromatic N) is 2. The maximum Gasteiger partial charge on any atom is 0.225 e. The highest BCUT2D eigenvalue weighted by molar-refractivity contribution is 5.92. The van der Waals surface area contributed by atoms with Gasteiger partial charge >= 0.3 is 0 Å². The summed E-state index contributed by atoms with van der Waals surface area (Å²) in [5.74, 6) is 1.56. The minimum absolute atomic E-state index is 0.0112. The first kappa shape index (κ1) is 19.0. The van der Waals surface area contributed by atoms with Crippen molar-refractivity contribution in [3.05, 3.63) is 48.5 Å². The van der Waals surface area contributed by atoms with Crippen molar-refractivity contribution in [3.63, 3.8) is 0 Å². The van der Waals surface area contributed by atoms with Crippen LogP contribution in [0.25, 0.3) is 0 Å². The maximum atomic E-state index is 12.3. The molecule has 2 aromatic carbocycles. The van der Waals surface area contributed by atoms with Crippen LogP contribution in [0.2, 0.25) is 0 Å². The lowest BCUT2D eigenvalue weighted by atomic mass is 10.2. The zero-order valence-electron chi connectivity index (χ0n) is 16.0. The summed E-state index contributed by atoms with van der Waals surface area (Å²) in [7, 11) is 3.28. The van der Waals surface area contributed by atoms with Gasteiger partial charge in [-0.3, -0.25) is 9.69 Å². The number of amides is 1. The summed E-state index contributed by atoms with van der Waals surface area (Å²) in [4.78, 5) is 17.0. The van der Waals surface area contributed by atoms with Crippen molar-refractivity contribution in [2.24, 2.45) is 0 Å². The first-order valence-electron chi connectivity index (χ1n) is 9.24. The van der Waals surface area contributed by atoms with Crippen molar-refractivity contribution < 1.29 is 14.3 Å². The van der Waals surface area contributed by atoms with Gasteiger partial charge in [-0.25, -0.2) is 0 Å². The van der Waals surface area contributed by atoms with Gasteiger partial charge in [0.05, 0.1) is 19.9 Å². The van der Waals surface area contributed by atoms with E-state index in [1.54, 1.807) is 14.2 Å². The molecule has 0 spiro atoms. The highest BCUT2D eigenvalue weighted by atomic mass is 16.5. The fourth-order valence-electron chi connectivity index (χ4n) is 3.24. The molecule has 1 heterocycles. The van der Waals surface area contributed by atoms with Crippen molar-refractivity contribution in [2.45, 2.75) is 6.42 Å². The number of hydrogen-bond donors (Lipinski definition) is 1. The molecule has 0 radical (unpaired) electrons. The zero-order valence-corrected chi connectivity index (χ0v) is 16.0. The summed E-state index contributed by atoms with van der Waals surface area (Å²) in [6.45, 7) is 4.58. The number of ether oxygens (including phenoxy) is 2. The van der Waals surface area contributed by atoms with Crippen LogP contribution in [0, 0.1) is 0 Å². The van der Waals surface area contributed by atoms with Gasteiger partial charge in [-0.1, -0.05) is 12.1 Å². The standard InChI is InChI=1S/C21H27N3O3/c1-26-18-9-7-17(8-10-18)24-15-13-23(14-16-24)12-11-21(25)22-19-5-3-4-6-20(19)27-2/h3-10H,11-16H2,1-2H3,(H,22,25). The Morgan fingerprint density at radius 3 is 2.33 bits per heavy atom. The molecule has 6 nitrogen and oxygen atoms in total. The van der Waals surface area contributed by atoms with Crippen LogP contribution in [0.5, 0.6) is 11.5 Å². The molecule has 0 atom stereocenters. The Hall–Kier alpha value is -2.73. The van der Waals surface area contributed by atoms with E-state index in [1.165, 1.54) is 5.69 Å². The lowest BCUT2D eigenvalue weighted by molar-refractivity contribution is -0.116. The summed E-state index contributed by atoms with van der Waals surface area (Å²) >= 11 is 0. The van der Waals surface area contributed by atoms with Crippen molar-refractivity contribution in [2.75, 3.05) is 57.2 Å². The predicted molar refractivity (Wildman–Crippen MR) is 108 cm³/mol. The normalized spacial score (nSPS) is 14.7. The SMILES string of the molecule is COc1ccc(N2CCN(CCC(=O)Nc3ccccc3OC)CC2)cc1. The van der Waals surface area contributed by atoms with E-state index in [1.807, 2.05) is 36.4 Å². The van der Waals surface area contributed by atoms with E-state index in [-0.39, 0.29) is 5.91 Å². The largest absolute Gasteiger partial charge is 0.497 e. The third-order valence-corrected chi connectivity index (χ3v) is 4.85. The molecule has 0 bridgehead atoms. The number of carbonyl (C=O) groups is 1. The molecule has 1 amide bonds. The van der Waals surface area contributed by atoms with Crippen molar-refractivity contribution in [1.29, 1.82) is 0 Å². The Bertz CT molecular complexity index is 741. The quantitative estimate of drug-likeness (QED) is 0.813. The Labute approximate surface area is 160 Å². The second-order valence-electron chi connectivity index (χ2n) is 6.53. The molecule has 6 heteroatoms. The minimum Gasteiger partial charge on any atom is -0.497 e. The Morgan fingerprint density at radius 1 is 0.963 bits per heavy atom. The summed E-state index contributed by atoms with van der Waals surface area (Å²) in [5.41, 5.74) is 1.93. The first-order valence-corrected chi connectivity index (χ1v) is 9.24. The lowest BCUT2D eigenvalue weighted by Gasteiger charge is -2.36. The number of hydrogen-bond acceptors (Lipinski definition) is 5. The van der Waals surface area contributed by atoms with Crippen LogP contribution in [0.1, 0.15) is 6.42 Å². The van der Waals surface area contributed by atoms with Gasteiger partial charge in [-0.15, -0.1) is 0 Å². The summed E-state index contributed by atoms with van der Waals surface area (Å²) in [6.07, 6.45) is 0.473. The lowest BCUT2D eigenvalue weighted by Crippen LogP contribution is -2.47. The number of rotatable bonds is 7. The van der Waals surface area contributed by atoms with E-state index in [0.717, 1.165) is 38.5 Å². The zero-order chi connectivity index (χ0) is 19.1. The highest BCUT2D eigenvalue weighted by Gasteiger charge is 2.18. The van der Waals surface area contributed by atoms with E-state index < -0.39 is 0 Å². The van der Waals surface area contributed by atoms with Gasteiger partial charge < -0.3 is 19.7 Å². The van der Waals surface area contributed by atoms with Crippen LogP contribution in [-0.4, -0.2) is 57.8 Å². The molecule has 0 aliphatic carbocycles. The number of benzene rings is 2. The smallest absolute Gasteiger partial charge is 0.225 e. The fourth-order valence-corrected chi connectivity index (χ4v) is 3.24. The molecule has 3 rings (SSSR count). The number of anilines is 2. The monoisotopic (exact) mass is 369 g/mol. The Morgan fingerprint density at radius 2 is 1.67 bits per heavy atom. The molecule has 27 heavy (non-hydrogen) atoms. The third kappa shape index (κ3) is 5.14. The number of methoxy groups -OCH3 is 2. The molecule has 1 aliphatic rings. The van der Waals surface area contributed by atoms with Crippen molar-refractivity contribution in [1.82, 2.24) is 4.90 Å². The number of para-hydroxylation sites is 2. The van der Waals surface area contributed by atoms with Crippen LogP contribution < -0.4 is 19.7 Å². The van der Waals surface area contributed by atoms with Crippen molar-refractivity contribution in [3.8, 4) is 11.5 Å². The molecule has 1 saturated heterocycles. The number of nitrogens with one attached hydrogen (secondary N) is 1. The molecule has 0 saturated carbocycles. The second kappa shape index (κ2) is 9.28. The Kier molecular flexibility index (Phi) is 6.54. The number of carbonyl (C=O) groups excluding carboxylic acids is 1. The van der Waals surface area contributed by atoms with Gasteiger partial charge in [0.25, 0.3) is 0 Å². The summed E-state index contributed by atoms with van der Waals surface area (Å²) < 4.78 is 10.5. The van der Waals surface area contributed by atoms with E-state index >= 15 is 0 Å². The molecule has 2 aromatic rings. The molecule has 1 fully saturated rings. The highest BCUT2D eigenvalue weighted by Crippen LogP contribution is 2.23. The molecular weight excluding hydrogens is 342 g/mol. The minimum atomic E-state index is 0.0112. The van der Waals surface area contributed by atoms with Gasteiger partial charge in [-0.05, 0) is 36.4 Å². The van der Waals surface area contributed by atoms with Crippen LogP contribution in [0.4, 0.5) is 11.4 Å². The topological polar surface area (TPSA) is 54.0 Å².